The first-order chi connectivity index (χ1) is 10.1. The Morgan fingerprint density at radius 1 is 1.27 bits per heavy atom. The summed E-state index contributed by atoms with van der Waals surface area (Å²) in [6.45, 7) is 0. The molecule has 0 saturated carbocycles. The smallest absolute Gasteiger partial charge is 0.381 e. The highest BCUT2D eigenvalue weighted by Gasteiger charge is 2.48. The largest absolute Gasteiger partial charge is 0.534 e. The van der Waals surface area contributed by atoms with Gasteiger partial charge in [0, 0.05) is 6.42 Å². The van der Waals surface area contributed by atoms with Gasteiger partial charge < -0.3 is 4.18 Å². The van der Waals surface area contributed by atoms with Crippen LogP contribution < -0.4 is 0 Å². The van der Waals surface area contributed by atoms with Crippen LogP contribution in [0.4, 0.5) is 17.6 Å². The second-order valence-electron chi connectivity index (χ2n) is 4.80. The van der Waals surface area contributed by atoms with Gasteiger partial charge in [0.15, 0.2) is 0 Å². The first-order valence-electron chi connectivity index (χ1n) is 6.25. The molecule has 1 unspecified atom stereocenters. The van der Waals surface area contributed by atoms with Gasteiger partial charge in [0.05, 0.1) is 5.02 Å². The van der Waals surface area contributed by atoms with Crippen molar-refractivity contribution >= 4 is 21.7 Å². The van der Waals surface area contributed by atoms with Crippen molar-refractivity contribution in [3.63, 3.8) is 0 Å². The van der Waals surface area contributed by atoms with Gasteiger partial charge in [-0.3, -0.25) is 0 Å². The van der Waals surface area contributed by atoms with Crippen LogP contribution in [0.5, 0.6) is 0 Å². The van der Waals surface area contributed by atoms with Crippen molar-refractivity contribution in [1.82, 2.24) is 0 Å². The lowest BCUT2D eigenvalue weighted by molar-refractivity contribution is -0.0524. The van der Waals surface area contributed by atoms with Crippen LogP contribution in [0.1, 0.15) is 30.7 Å². The van der Waals surface area contributed by atoms with Crippen molar-refractivity contribution in [2.75, 3.05) is 0 Å². The number of alkyl halides is 3. The molecule has 3 nitrogen and oxygen atoms in total. The van der Waals surface area contributed by atoms with E-state index in [0.717, 1.165) is 0 Å². The molecule has 1 aliphatic carbocycles. The van der Waals surface area contributed by atoms with Crippen molar-refractivity contribution in [3.8, 4) is 0 Å². The van der Waals surface area contributed by atoms with E-state index in [1.807, 2.05) is 0 Å². The molecule has 1 aromatic carbocycles. The standard InChI is InChI=1S/C13H11ClF4O3S/c14-11-6-3-9(7-12(11)15)8-1-4-10(5-2-8)21-22(19,20)13(16,17)18/h3-4,6-8H,1-2,5H2. The van der Waals surface area contributed by atoms with Gasteiger partial charge in [0.2, 0.25) is 0 Å². The van der Waals surface area contributed by atoms with Crippen LogP contribution in [0.25, 0.3) is 0 Å². The van der Waals surface area contributed by atoms with Crippen LogP contribution in [0.15, 0.2) is 30.0 Å². The second kappa shape index (κ2) is 6.08. The molecule has 0 fully saturated rings. The minimum Gasteiger partial charge on any atom is -0.381 e. The molecule has 0 aromatic heterocycles. The molecular weight excluding hydrogens is 348 g/mol. The van der Waals surface area contributed by atoms with Gasteiger partial charge in [-0.2, -0.15) is 21.6 Å². The molecule has 2 rings (SSSR count). The summed E-state index contributed by atoms with van der Waals surface area (Å²) < 4.78 is 75.9. The molecule has 1 atom stereocenters. The van der Waals surface area contributed by atoms with Gasteiger partial charge in [-0.25, -0.2) is 4.39 Å². The van der Waals surface area contributed by atoms with Crippen LogP contribution in [0.3, 0.4) is 0 Å². The second-order valence-corrected chi connectivity index (χ2v) is 6.74. The SMILES string of the molecule is O=S(=O)(OC1=CCC(c2ccc(Cl)c(F)c2)CC1)C(F)(F)F. The van der Waals surface area contributed by atoms with Crippen LogP contribution in [0, 0.1) is 5.82 Å². The summed E-state index contributed by atoms with van der Waals surface area (Å²) in [5.41, 5.74) is -4.81. The lowest BCUT2D eigenvalue weighted by atomic mass is 9.87. The molecule has 22 heavy (non-hydrogen) atoms. The van der Waals surface area contributed by atoms with Gasteiger partial charge in [-0.15, -0.1) is 0 Å². The Morgan fingerprint density at radius 2 is 1.95 bits per heavy atom. The fourth-order valence-electron chi connectivity index (χ4n) is 2.14. The van der Waals surface area contributed by atoms with E-state index >= 15 is 0 Å². The highest BCUT2D eigenvalue weighted by Crippen LogP contribution is 2.36. The molecule has 0 amide bonds. The molecule has 1 aliphatic rings. The topological polar surface area (TPSA) is 43.4 Å². The summed E-state index contributed by atoms with van der Waals surface area (Å²) in [6.07, 6.45) is 1.90. The lowest BCUT2D eigenvalue weighted by Gasteiger charge is -2.22. The maximum Gasteiger partial charge on any atom is 0.534 e. The zero-order valence-electron chi connectivity index (χ0n) is 11.0. The van der Waals surface area contributed by atoms with E-state index < -0.39 is 21.4 Å². The molecule has 0 radical (unpaired) electrons. The van der Waals surface area contributed by atoms with Crippen molar-refractivity contribution in [1.29, 1.82) is 0 Å². The van der Waals surface area contributed by atoms with Crippen molar-refractivity contribution in [3.05, 3.63) is 46.4 Å². The summed E-state index contributed by atoms with van der Waals surface area (Å²) in [4.78, 5) is 0. The Morgan fingerprint density at radius 3 is 2.45 bits per heavy atom. The fraction of sp³-hybridized carbons (Fsp3) is 0.385. The minimum atomic E-state index is -5.64. The van der Waals surface area contributed by atoms with Crippen LogP contribution in [-0.4, -0.2) is 13.9 Å². The number of benzene rings is 1. The monoisotopic (exact) mass is 358 g/mol. The number of hydrogen-bond acceptors (Lipinski definition) is 3. The zero-order valence-corrected chi connectivity index (χ0v) is 12.6. The molecule has 0 spiro atoms. The Kier molecular flexibility index (Phi) is 4.72. The van der Waals surface area contributed by atoms with E-state index in [-0.39, 0.29) is 29.5 Å². The van der Waals surface area contributed by atoms with Crippen LogP contribution in [-0.2, 0) is 14.3 Å². The first kappa shape index (κ1) is 17.1. The number of rotatable bonds is 3. The highest BCUT2D eigenvalue weighted by atomic mass is 35.5. The summed E-state index contributed by atoms with van der Waals surface area (Å²) in [6, 6.07) is 4.29. The molecule has 0 N–H and O–H groups in total. The van der Waals surface area contributed by atoms with E-state index in [1.54, 1.807) is 6.07 Å². The molecule has 122 valence electrons. The summed E-state index contributed by atoms with van der Waals surface area (Å²) in [5, 5.41) is -0.0182. The third-order valence-electron chi connectivity index (χ3n) is 3.28. The maximum atomic E-state index is 13.4. The average molecular weight is 359 g/mol. The summed E-state index contributed by atoms with van der Waals surface area (Å²) in [5.74, 6) is -0.958. The summed E-state index contributed by atoms with van der Waals surface area (Å²) in [7, 11) is -5.64. The van der Waals surface area contributed by atoms with E-state index in [9.17, 15) is 26.0 Å². The normalized spacial score (nSPS) is 19.7. The molecule has 0 aliphatic heterocycles. The van der Waals surface area contributed by atoms with Gasteiger partial charge in [0.1, 0.15) is 11.6 Å². The van der Waals surface area contributed by atoms with Crippen molar-refractivity contribution < 1.29 is 30.2 Å². The van der Waals surface area contributed by atoms with Crippen LogP contribution >= 0.6 is 11.6 Å². The molecule has 0 bridgehead atoms. The van der Waals surface area contributed by atoms with Gasteiger partial charge >= 0.3 is 15.6 Å². The van der Waals surface area contributed by atoms with Gasteiger partial charge in [-0.05, 0) is 42.5 Å². The third-order valence-corrected chi connectivity index (χ3v) is 4.59. The average Bonchev–Trinajstić information content (AvgIpc) is 2.41. The number of halogens is 5. The van der Waals surface area contributed by atoms with Gasteiger partial charge in [0.25, 0.3) is 0 Å². The Balaban J connectivity index is 2.08. The highest BCUT2D eigenvalue weighted by molar-refractivity contribution is 7.87. The van der Waals surface area contributed by atoms with Gasteiger partial charge in [-0.1, -0.05) is 17.7 Å². The molecule has 0 saturated heterocycles. The molecule has 9 heteroatoms. The molecular formula is C13H11ClF4O3S. The molecule has 0 heterocycles. The van der Waals surface area contributed by atoms with Crippen LogP contribution in [0.2, 0.25) is 5.02 Å². The van der Waals surface area contributed by atoms with Crippen molar-refractivity contribution in [2.45, 2.75) is 30.7 Å². The van der Waals surface area contributed by atoms with E-state index in [0.29, 0.717) is 12.0 Å². The Labute approximate surface area is 129 Å². The fourth-order valence-corrected chi connectivity index (χ4v) is 2.79. The quantitative estimate of drug-likeness (QED) is 0.454. The predicted molar refractivity (Wildman–Crippen MR) is 72.1 cm³/mol. The summed E-state index contributed by atoms with van der Waals surface area (Å²) >= 11 is 5.58. The Hall–Kier alpha value is -1.28. The van der Waals surface area contributed by atoms with Crippen molar-refractivity contribution in [2.24, 2.45) is 0 Å². The van der Waals surface area contributed by atoms with E-state index in [2.05, 4.69) is 4.18 Å². The number of allylic oxidation sites excluding steroid dienone is 2. The third kappa shape index (κ3) is 3.73. The first-order valence-corrected chi connectivity index (χ1v) is 8.03. The maximum absolute atomic E-state index is 13.4. The zero-order chi connectivity index (χ0) is 16.5. The minimum absolute atomic E-state index is 0.0181. The number of hydrogen-bond donors (Lipinski definition) is 0. The van der Waals surface area contributed by atoms with E-state index in [4.69, 9.17) is 11.6 Å². The van der Waals surface area contributed by atoms with E-state index in [1.165, 1.54) is 18.2 Å². The lowest BCUT2D eigenvalue weighted by Crippen LogP contribution is -2.25. The molecule has 1 aromatic rings. The Bertz CT molecular complexity index is 698. The predicted octanol–water partition coefficient (Wildman–Crippen LogP) is 4.50.